The summed E-state index contributed by atoms with van der Waals surface area (Å²) in [6.45, 7) is 2.18. The highest BCUT2D eigenvalue weighted by atomic mass is 16.3. The molecule has 12 heavy (non-hydrogen) atoms. The smallest absolute Gasteiger partial charge is 0.0769 e. The second-order valence-corrected chi connectivity index (χ2v) is 3.89. The Bertz CT molecular complexity index is 255. The van der Waals surface area contributed by atoms with Crippen LogP contribution in [-0.2, 0) is 0 Å². The molecule has 2 heteroatoms. The molecule has 0 radical (unpaired) electrons. The summed E-state index contributed by atoms with van der Waals surface area (Å²) in [5.74, 6) is 0.583. The molecular formula is C10H15NO. The number of hydrogen-bond acceptors (Lipinski definition) is 2. The quantitative estimate of drug-likeness (QED) is 0.562. The number of aliphatic hydroxyl groups excluding tert-OH is 1. The van der Waals surface area contributed by atoms with Crippen molar-refractivity contribution in [2.45, 2.75) is 31.9 Å². The Balaban J connectivity index is 2.25. The number of aliphatic hydroxyl groups is 1. The van der Waals surface area contributed by atoms with Crippen molar-refractivity contribution in [2.75, 3.05) is 0 Å². The van der Waals surface area contributed by atoms with Gasteiger partial charge < -0.3 is 10.8 Å². The molecule has 0 aromatic rings. The van der Waals surface area contributed by atoms with E-state index in [0.717, 1.165) is 12.8 Å². The third kappa shape index (κ3) is 1.11. The summed E-state index contributed by atoms with van der Waals surface area (Å²) in [6.07, 6.45) is 5.76. The van der Waals surface area contributed by atoms with E-state index in [1.165, 1.54) is 11.1 Å². The molecule has 0 saturated carbocycles. The Morgan fingerprint density at radius 2 is 2.25 bits per heavy atom. The molecule has 2 rings (SSSR count). The van der Waals surface area contributed by atoms with E-state index in [-0.39, 0.29) is 12.1 Å². The van der Waals surface area contributed by atoms with E-state index in [1.807, 2.05) is 0 Å². The second kappa shape index (κ2) is 2.71. The van der Waals surface area contributed by atoms with Gasteiger partial charge in [-0.25, -0.2) is 0 Å². The SMILES string of the molecule is CC1C=CC2=C(C1)C(N)[C@@H](O)C2. The lowest BCUT2D eigenvalue weighted by atomic mass is 9.91. The van der Waals surface area contributed by atoms with Crippen LogP contribution in [0.25, 0.3) is 0 Å². The molecule has 0 aromatic carbocycles. The zero-order valence-electron chi connectivity index (χ0n) is 7.33. The van der Waals surface area contributed by atoms with Gasteiger partial charge in [-0.3, -0.25) is 0 Å². The van der Waals surface area contributed by atoms with Crippen molar-refractivity contribution in [3.8, 4) is 0 Å². The predicted molar refractivity (Wildman–Crippen MR) is 48.5 cm³/mol. The van der Waals surface area contributed by atoms with Gasteiger partial charge in [-0.2, -0.15) is 0 Å². The monoisotopic (exact) mass is 165 g/mol. The molecule has 0 aromatic heterocycles. The van der Waals surface area contributed by atoms with E-state index in [2.05, 4.69) is 19.1 Å². The fourth-order valence-corrected chi connectivity index (χ4v) is 2.07. The summed E-state index contributed by atoms with van der Waals surface area (Å²) < 4.78 is 0. The molecule has 2 aliphatic rings. The Kier molecular flexibility index (Phi) is 1.81. The van der Waals surface area contributed by atoms with E-state index in [1.54, 1.807) is 0 Å². The van der Waals surface area contributed by atoms with Crippen LogP contribution in [0.5, 0.6) is 0 Å². The Morgan fingerprint density at radius 1 is 1.50 bits per heavy atom. The molecule has 0 spiro atoms. The van der Waals surface area contributed by atoms with E-state index < -0.39 is 0 Å². The number of rotatable bonds is 0. The molecule has 2 aliphatic carbocycles. The zero-order valence-corrected chi connectivity index (χ0v) is 7.33. The lowest BCUT2D eigenvalue weighted by Gasteiger charge is -2.18. The fourth-order valence-electron chi connectivity index (χ4n) is 2.07. The highest BCUT2D eigenvalue weighted by Crippen LogP contribution is 2.34. The van der Waals surface area contributed by atoms with Crippen LogP contribution in [0, 0.1) is 5.92 Å². The number of nitrogens with two attached hydrogens (primary N) is 1. The minimum atomic E-state index is -0.343. The summed E-state index contributed by atoms with van der Waals surface area (Å²) in [7, 11) is 0. The summed E-state index contributed by atoms with van der Waals surface area (Å²) in [6, 6.07) is -0.104. The van der Waals surface area contributed by atoms with Gasteiger partial charge in [0.05, 0.1) is 12.1 Å². The first-order chi connectivity index (χ1) is 5.68. The molecule has 3 N–H and O–H groups in total. The van der Waals surface area contributed by atoms with Crippen LogP contribution in [0.4, 0.5) is 0 Å². The van der Waals surface area contributed by atoms with Crippen molar-refractivity contribution < 1.29 is 5.11 Å². The van der Waals surface area contributed by atoms with Crippen molar-refractivity contribution in [3.05, 3.63) is 23.3 Å². The van der Waals surface area contributed by atoms with E-state index >= 15 is 0 Å². The van der Waals surface area contributed by atoms with Crippen LogP contribution in [0.15, 0.2) is 23.3 Å². The zero-order chi connectivity index (χ0) is 8.72. The highest BCUT2D eigenvalue weighted by molar-refractivity contribution is 5.39. The second-order valence-electron chi connectivity index (χ2n) is 3.89. The summed E-state index contributed by atoms with van der Waals surface area (Å²) >= 11 is 0. The molecule has 0 aliphatic heterocycles. The van der Waals surface area contributed by atoms with Crippen molar-refractivity contribution >= 4 is 0 Å². The summed E-state index contributed by atoms with van der Waals surface area (Å²) in [5.41, 5.74) is 8.40. The predicted octanol–water partition coefficient (Wildman–Crippen LogP) is 0.971. The van der Waals surface area contributed by atoms with Gasteiger partial charge in [0.1, 0.15) is 0 Å². The summed E-state index contributed by atoms with van der Waals surface area (Å²) in [4.78, 5) is 0. The van der Waals surface area contributed by atoms with Crippen molar-refractivity contribution in [3.63, 3.8) is 0 Å². The lowest BCUT2D eigenvalue weighted by Crippen LogP contribution is -2.32. The van der Waals surface area contributed by atoms with Crippen molar-refractivity contribution in [2.24, 2.45) is 11.7 Å². The number of hydrogen-bond donors (Lipinski definition) is 2. The minimum absolute atomic E-state index is 0.104. The largest absolute Gasteiger partial charge is 0.391 e. The Morgan fingerprint density at radius 3 is 3.00 bits per heavy atom. The average Bonchev–Trinajstić information content (AvgIpc) is 2.31. The molecule has 0 heterocycles. The summed E-state index contributed by atoms with van der Waals surface area (Å²) in [5, 5.41) is 9.51. The van der Waals surface area contributed by atoms with Crippen LogP contribution in [-0.4, -0.2) is 17.3 Å². The van der Waals surface area contributed by atoms with Crippen LogP contribution in [0.1, 0.15) is 19.8 Å². The third-order valence-corrected chi connectivity index (χ3v) is 2.83. The first kappa shape index (κ1) is 8.02. The normalized spacial score (nSPS) is 40.4. The van der Waals surface area contributed by atoms with E-state index in [9.17, 15) is 5.11 Å². The van der Waals surface area contributed by atoms with Crippen molar-refractivity contribution in [1.29, 1.82) is 0 Å². The maximum atomic E-state index is 9.51. The third-order valence-electron chi connectivity index (χ3n) is 2.83. The molecule has 0 amide bonds. The van der Waals surface area contributed by atoms with Gasteiger partial charge in [0, 0.05) is 6.42 Å². The standard InChI is InChI=1S/C10H15NO/c1-6-2-3-7-5-9(12)10(11)8(7)4-6/h2-3,6,9-10,12H,4-5,11H2,1H3/t6?,9-,10?/m0/s1. The van der Waals surface area contributed by atoms with E-state index in [4.69, 9.17) is 5.73 Å². The first-order valence-corrected chi connectivity index (χ1v) is 4.52. The van der Waals surface area contributed by atoms with Crippen LogP contribution in [0.2, 0.25) is 0 Å². The van der Waals surface area contributed by atoms with Gasteiger partial charge in [0.15, 0.2) is 0 Å². The average molecular weight is 165 g/mol. The van der Waals surface area contributed by atoms with Gasteiger partial charge in [0.2, 0.25) is 0 Å². The van der Waals surface area contributed by atoms with Gasteiger partial charge >= 0.3 is 0 Å². The topological polar surface area (TPSA) is 46.2 Å². The molecule has 2 unspecified atom stereocenters. The molecular weight excluding hydrogens is 150 g/mol. The molecule has 66 valence electrons. The molecule has 3 atom stereocenters. The van der Waals surface area contributed by atoms with Crippen LogP contribution < -0.4 is 5.73 Å². The lowest BCUT2D eigenvalue weighted by molar-refractivity contribution is 0.168. The molecule has 0 saturated heterocycles. The molecule has 2 nitrogen and oxygen atoms in total. The maximum Gasteiger partial charge on any atom is 0.0769 e. The minimum Gasteiger partial charge on any atom is -0.391 e. The number of allylic oxidation sites excluding steroid dienone is 2. The maximum absolute atomic E-state index is 9.51. The van der Waals surface area contributed by atoms with Crippen LogP contribution in [0.3, 0.4) is 0 Å². The van der Waals surface area contributed by atoms with Gasteiger partial charge in [-0.1, -0.05) is 19.1 Å². The fraction of sp³-hybridized carbons (Fsp3) is 0.600. The van der Waals surface area contributed by atoms with Crippen LogP contribution >= 0.6 is 0 Å². The Hall–Kier alpha value is -0.600. The van der Waals surface area contributed by atoms with E-state index in [0.29, 0.717) is 5.92 Å². The van der Waals surface area contributed by atoms with Gasteiger partial charge in [-0.05, 0) is 23.5 Å². The molecule has 0 bridgehead atoms. The van der Waals surface area contributed by atoms with Gasteiger partial charge in [-0.15, -0.1) is 0 Å². The molecule has 0 fully saturated rings. The highest BCUT2D eigenvalue weighted by Gasteiger charge is 2.31. The van der Waals surface area contributed by atoms with Gasteiger partial charge in [0.25, 0.3) is 0 Å². The van der Waals surface area contributed by atoms with Crippen molar-refractivity contribution in [1.82, 2.24) is 0 Å². The first-order valence-electron chi connectivity index (χ1n) is 4.52. The Labute approximate surface area is 72.8 Å².